The molecule has 0 atom stereocenters. The van der Waals surface area contributed by atoms with E-state index in [1.54, 1.807) is 0 Å². The molecule has 1 aliphatic rings. The minimum atomic E-state index is -1.23. The van der Waals surface area contributed by atoms with Crippen LogP contribution in [0.3, 0.4) is 0 Å². The van der Waals surface area contributed by atoms with Crippen LogP contribution in [0.15, 0.2) is 23.8 Å². The Morgan fingerprint density at radius 2 is 2.00 bits per heavy atom. The van der Waals surface area contributed by atoms with Gasteiger partial charge in [-0.2, -0.15) is 4.39 Å². The van der Waals surface area contributed by atoms with Crippen molar-refractivity contribution in [3.63, 3.8) is 0 Å². The third-order valence-corrected chi connectivity index (χ3v) is 3.58. The summed E-state index contributed by atoms with van der Waals surface area (Å²) in [5, 5.41) is 13.2. The Labute approximate surface area is 126 Å². The maximum atomic E-state index is 13.6. The van der Waals surface area contributed by atoms with Gasteiger partial charge >= 0.3 is 5.69 Å². The highest BCUT2D eigenvalue weighted by Crippen LogP contribution is 2.22. The summed E-state index contributed by atoms with van der Waals surface area (Å²) in [6, 6.07) is 1.27. The van der Waals surface area contributed by atoms with Crippen LogP contribution < -0.4 is 5.32 Å². The molecule has 1 aliphatic carbocycles. The van der Waals surface area contributed by atoms with E-state index >= 15 is 0 Å². The summed E-state index contributed by atoms with van der Waals surface area (Å²) in [6.07, 6.45) is 6.39. The van der Waals surface area contributed by atoms with Crippen molar-refractivity contribution in [3.8, 4) is 0 Å². The number of hydrogen-bond donors (Lipinski definition) is 1. The summed E-state index contributed by atoms with van der Waals surface area (Å²) in [5.41, 5.74) is -0.274. The highest BCUT2D eigenvalue weighted by atomic mass is 19.1. The zero-order valence-electron chi connectivity index (χ0n) is 11.9. The van der Waals surface area contributed by atoms with Crippen LogP contribution in [0.4, 0.5) is 14.5 Å². The first-order valence-corrected chi connectivity index (χ1v) is 7.08. The smallest absolute Gasteiger partial charge is 0.305 e. The topological polar surface area (TPSA) is 72.2 Å². The van der Waals surface area contributed by atoms with Crippen LogP contribution >= 0.6 is 0 Å². The number of nitro groups is 1. The Morgan fingerprint density at radius 1 is 1.23 bits per heavy atom. The summed E-state index contributed by atoms with van der Waals surface area (Å²) in [4.78, 5) is 21.7. The second kappa shape index (κ2) is 7.11. The number of amides is 1. The largest absolute Gasteiger partial charge is 0.348 e. The van der Waals surface area contributed by atoms with Crippen LogP contribution in [0.2, 0.25) is 0 Å². The number of nitrogens with zero attached hydrogens (tertiary/aromatic N) is 1. The number of carbonyl (C=O) groups is 1. The van der Waals surface area contributed by atoms with E-state index in [4.69, 9.17) is 0 Å². The van der Waals surface area contributed by atoms with Gasteiger partial charge in [-0.25, -0.2) is 4.39 Å². The molecule has 1 amide bonds. The van der Waals surface area contributed by atoms with Gasteiger partial charge in [0, 0.05) is 29.8 Å². The van der Waals surface area contributed by atoms with E-state index in [1.807, 2.05) is 6.08 Å². The molecule has 0 unspecified atom stereocenters. The molecule has 22 heavy (non-hydrogen) atoms. The van der Waals surface area contributed by atoms with Gasteiger partial charge in [-0.15, -0.1) is 0 Å². The molecule has 7 heteroatoms. The molecule has 0 spiro atoms. The van der Waals surface area contributed by atoms with Gasteiger partial charge in [-0.1, -0.05) is 12.5 Å². The van der Waals surface area contributed by atoms with Crippen LogP contribution in [0.1, 0.15) is 37.7 Å². The van der Waals surface area contributed by atoms with Crippen molar-refractivity contribution in [2.45, 2.75) is 38.6 Å². The first-order valence-electron chi connectivity index (χ1n) is 7.08. The van der Waals surface area contributed by atoms with Crippen molar-refractivity contribution >= 4 is 11.6 Å². The summed E-state index contributed by atoms with van der Waals surface area (Å²) in [6.45, 7) is -0.219. The quantitative estimate of drug-likeness (QED) is 0.684. The minimum Gasteiger partial charge on any atom is -0.348 e. The van der Waals surface area contributed by atoms with E-state index in [0.717, 1.165) is 31.7 Å². The van der Waals surface area contributed by atoms with Crippen molar-refractivity contribution in [1.29, 1.82) is 0 Å². The fraction of sp³-hybridized carbons (Fsp3) is 0.400. The second-order valence-electron chi connectivity index (χ2n) is 5.16. The van der Waals surface area contributed by atoms with Crippen LogP contribution in [0.25, 0.3) is 0 Å². The molecule has 118 valence electrons. The average molecular weight is 310 g/mol. The van der Waals surface area contributed by atoms with Gasteiger partial charge in [0.15, 0.2) is 0 Å². The number of nitrogens with one attached hydrogen (secondary N) is 1. The van der Waals surface area contributed by atoms with E-state index in [0.29, 0.717) is 18.1 Å². The maximum Gasteiger partial charge on any atom is 0.305 e. The molecule has 1 N–H and O–H groups in total. The molecule has 0 aliphatic heterocycles. The number of carbonyl (C=O) groups excluding carboxylic acids is 1. The lowest BCUT2D eigenvalue weighted by atomic mass is 10.1. The maximum absolute atomic E-state index is 13.6. The third kappa shape index (κ3) is 3.87. The van der Waals surface area contributed by atoms with Crippen molar-refractivity contribution in [2.75, 3.05) is 0 Å². The highest BCUT2D eigenvalue weighted by molar-refractivity contribution is 5.93. The van der Waals surface area contributed by atoms with Gasteiger partial charge in [-0.3, -0.25) is 14.9 Å². The normalized spacial score (nSPS) is 14.9. The molecule has 0 saturated carbocycles. The lowest BCUT2D eigenvalue weighted by Crippen LogP contribution is -2.25. The molecule has 1 aromatic carbocycles. The number of allylic oxidation sites excluding steroid dienone is 1. The summed E-state index contributed by atoms with van der Waals surface area (Å²) in [5.74, 6) is -2.46. The zero-order valence-corrected chi connectivity index (χ0v) is 11.9. The van der Waals surface area contributed by atoms with Crippen LogP contribution in [-0.2, 0) is 11.3 Å². The number of nitro benzene ring substituents is 1. The molecule has 1 aromatic rings. The van der Waals surface area contributed by atoms with E-state index in [1.165, 1.54) is 0 Å². The third-order valence-electron chi connectivity index (χ3n) is 3.58. The van der Waals surface area contributed by atoms with Crippen molar-refractivity contribution in [1.82, 2.24) is 5.32 Å². The van der Waals surface area contributed by atoms with Crippen LogP contribution in [0.5, 0.6) is 0 Å². The molecule has 0 aromatic heterocycles. The number of hydrogen-bond acceptors (Lipinski definition) is 3. The molecule has 0 radical (unpaired) electrons. The summed E-state index contributed by atoms with van der Waals surface area (Å²) >= 11 is 0. The predicted molar refractivity (Wildman–Crippen MR) is 76.0 cm³/mol. The monoisotopic (exact) mass is 310 g/mol. The number of halogens is 2. The Kier molecular flexibility index (Phi) is 5.19. The van der Waals surface area contributed by atoms with Gasteiger partial charge in [0.2, 0.25) is 11.7 Å². The Hall–Kier alpha value is -2.31. The van der Waals surface area contributed by atoms with Gasteiger partial charge < -0.3 is 5.32 Å². The standard InChI is InChI=1S/C15H16F2N2O3/c16-12-8-13(17)14(19(21)22)7-11(12)9-18-15(20)10-5-3-1-2-4-6-10/h5,7-8H,1-4,6,9H2,(H,18,20). The minimum absolute atomic E-state index is 0.115. The lowest BCUT2D eigenvalue weighted by molar-refractivity contribution is -0.387. The van der Waals surface area contributed by atoms with E-state index in [9.17, 15) is 23.7 Å². The number of benzene rings is 1. The number of rotatable bonds is 4. The molecule has 5 nitrogen and oxygen atoms in total. The fourth-order valence-electron chi connectivity index (χ4n) is 2.37. The Balaban J connectivity index is 2.07. The Morgan fingerprint density at radius 3 is 2.73 bits per heavy atom. The van der Waals surface area contributed by atoms with Gasteiger partial charge in [0.1, 0.15) is 5.82 Å². The SMILES string of the molecule is O=C(NCc1cc([N+](=O)[O-])c(F)cc1F)C1=CCCCCC1. The molecular weight excluding hydrogens is 294 g/mol. The van der Waals surface area contributed by atoms with Crippen molar-refractivity contribution in [3.05, 3.63) is 51.1 Å². The average Bonchev–Trinajstić information content (AvgIpc) is 2.74. The Bertz CT molecular complexity index is 629. The van der Waals surface area contributed by atoms with E-state index < -0.39 is 22.2 Å². The lowest BCUT2D eigenvalue weighted by Gasteiger charge is -2.09. The van der Waals surface area contributed by atoms with Crippen LogP contribution in [-0.4, -0.2) is 10.8 Å². The van der Waals surface area contributed by atoms with Gasteiger partial charge in [0.05, 0.1) is 4.92 Å². The van der Waals surface area contributed by atoms with E-state index in [-0.39, 0.29) is 18.0 Å². The van der Waals surface area contributed by atoms with Gasteiger partial charge in [-0.05, 0) is 25.7 Å². The molecule has 0 fully saturated rings. The van der Waals surface area contributed by atoms with Crippen molar-refractivity contribution in [2.24, 2.45) is 0 Å². The van der Waals surface area contributed by atoms with Crippen molar-refractivity contribution < 1.29 is 18.5 Å². The summed E-state index contributed by atoms with van der Waals surface area (Å²) in [7, 11) is 0. The van der Waals surface area contributed by atoms with E-state index in [2.05, 4.69) is 5.32 Å². The van der Waals surface area contributed by atoms with Crippen LogP contribution in [0, 0.1) is 21.7 Å². The van der Waals surface area contributed by atoms with Gasteiger partial charge in [0.25, 0.3) is 0 Å². The first-order chi connectivity index (χ1) is 10.5. The highest BCUT2D eigenvalue weighted by Gasteiger charge is 2.19. The molecule has 0 saturated heterocycles. The molecule has 0 bridgehead atoms. The first kappa shape index (κ1) is 16.1. The molecule has 2 rings (SSSR count). The fourth-order valence-corrected chi connectivity index (χ4v) is 2.37. The predicted octanol–water partition coefficient (Wildman–Crippen LogP) is 3.38. The zero-order chi connectivity index (χ0) is 16.1. The summed E-state index contributed by atoms with van der Waals surface area (Å²) < 4.78 is 26.9. The second-order valence-corrected chi connectivity index (χ2v) is 5.16. The molecular formula is C15H16F2N2O3. The molecule has 0 heterocycles.